The van der Waals surface area contributed by atoms with Gasteiger partial charge in [0.15, 0.2) is 11.6 Å². The Labute approximate surface area is 192 Å². The van der Waals surface area contributed by atoms with Crippen LogP contribution in [0.4, 0.5) is 8.78 Å². The number of aliphatic carboxylic acids is 1. The monoisotopic (exact) mass is 488 g/mol. The first-order chi connectivity index (χ1) is 15.3. The molecule has 0 bridgehead atoms. The van der Waals surface area contributed by atoms with Gasteiger partial charge in [-0.25, -0.2) is 4.39 Å². The number of thioether (sulfide) groups is 1. The predicted octanol–water partition coefficient (Wildman–Crippen LogP) is 3.42. The Kier molecular flexibility index (Phi) is 8.36. The first kappa shape index (κ1) is 24.3. The summed E-state index contributed by atoms with van der Waals surface area (Å²) in [6.07, 6.45) is 3.53. The molecule has 0 radical (unpaired) electrons. The van der Waals surface area contributed by atoms with Gasteiger partial charge in [-0.3, -0.25) is 14.4 Å². The van der Waals surface area contributed by atoms with E-state index in [0.717, 1.165) is 6.07 Å². The van der Waals surface area contributed by atoms with E-state index in [4.69, 9.17) is 21.4 Å². The van der Waals surface area contributed by atoms with E-state index in [-0.39, 0.29) is 30.0 Å². The summed E-state index contributed by atoms with van der Waals surface area (Å²) >= 11 is 7.07. The number of nitrogens with one attached hydrogen (secondary N) is 2. The summed E-state index contributed by atoms with van der Waals surface area (Å²) in [7, 11) is 0. The summed E-state index contributed by atoms with van der Waals surface area (Å²) in [6.45, 7) is 0.165. The minimum absolute atomic E-state index is 0.0370. The van der Waals surface area contributed by atoms with Gasteiger partial charge in [0, 0.05) is 13.1 Å². The molecule has 1 saturated carbocycles. The molecule has 2 aliphatic rings. The summed E-state index contributed by atoms with van der Waals surface area (Å²) in [6, 6.07) is 2.32. The van der Waals surface area contributed by atoms with Gasteiger partial charge in [0.25, 0.3) is 5.91 Å². The van der Waals surface area contributed by atoms with Crippen LogP contribution in [-0.2, 0) is 9.59 Å². The standard InChI is InChI=1S/C21H23ClF2N2O5S/c22-16-8-7-15(32-16)20(28)26-10-9-25-19(27)13-5-6-14(18(24)17(13)23)31-12-3-1-11(2-4-12)21(29)30/h5-6,8,11-12,15H,1-4,7,9-10H2,(H,25,27)(H,26,28)(H,29,30)/t11-,12-,15?. The highest BCUT2D eigenvalue weighted by atomic mass is 35.5. The third-order valence-corrected chi connectivity index (χ3v) is 6.86. The largest absolute Gasteiger partial charge is 0.487 e. The maximum absolute atomic E-state index is 14.4. The third-order valence-electron chi connectivity index (χ3n) is 5.36. The molecule has 0 saturated heterocycles. The van der Waals surface area contributed by atoms with Crippen molar-refractivity contribution in [3.8, 4) is 5.75 Å². The van der Waals surface area contributed by atoms with Crippen LogP contribution < -0.4 is 15.4 Å². The molecule has 7 nitrogen and oxygen atoms in total. The van der Waals surface area contributed by atoms with Gasteiger partial charge in [0.1, 0.15) is 0 Å². The maximum atomic E-state index is 14.4. The average Bonchev–Trinajstić information content (AvgIpc) is 3.21. The molecule has 1 atom stereocenters. The zero-order chi connectivity index (χ0) is 23.3. The molecule has 1 aromatic carbocycles. The fourth-order valence-electron chi connectivity index (χ4n) is 3.57. The molecule has 1 aliphatic heterocycles. The van der Waals surface area contributed by atoms with Crippen LogP contribution in [0.25, 0.3) is 0 Å². The van der Waals surface area contributed by atoms with E-state index in [2.05, 4.69) is 10.6 Å². The number of carboxylic acid groups (broad SMARTS) is 1. The molecule has 174 valence electrons. The Balaban J connectivity index is 1.47. The molecule has 1 aliphatic carbocycles. The Morgan fingerprint density at radius 3 is 2.41 bits per heavy atom. The van der Waals surface area contributed by atoms with Crippen molar-refractivity contribution < 1.29 is 33.0 Å². The molecule has 3 N–H and O–H groups in total. The number of halogens is 3. The summed E-state index contributed by atoms with van der Waals surface area (Å²) in [4.78, 5) is 35.2. The number of amides is 2. The fraction of sp³-hybridized carbons (Fsp3) is 0.476. The molecule has 0 aromatic heterocycles. The number of hydrogen-bond donors (Lipinski definition) is 3. The molecule has 0 spiro atoms. The van der Waals surface area contributed by atoms with Crippen LogP contribution in [-0.4, -0.2) is 47.3 Å². The van der Waals surface area contributed by atoms with Gasteiger partial charge in [-0.05, 0) is 44.2 Å². The Morgan fingerprint density at radius 2 is 1.78 bits per heavy atom. The van der Waals surface area contributed by atoms with E-state index >= 15 is 0 Å². The fourth-order valence-corrected chi connectivity index (χ4v) is 4.83. The van der Waals surface area contributed by atoms with Gasteiger partial charge in [-0.15, -0.1) is 11.8 Å². The Morgan fingerprint density at radius 1 is 1.09 bits per heavy atom. The quantitative estimate of drug-likeness (QED) is 0.484. The van der Waals surface area contributed by atoms with Crippen LogP contribution in [0, 0.1) is 17.6 Å². The lowest BCUT2D eigenvalue weighted by molar-refractivity contribution is -0.143. The van der Waals surface area contributed by atoms with Gasteiger partial charge in [-0.2, -0.15) is 4.39 Å². The second kappa shape index (κ2) is 11.0. The van der Waals surface area contributed by atoms with Crippen molar-refractivity contribution in [3.63, 3.8) is 0 Å². The summed E-state index contributed by atoms with van der Waals surface area (Å²) < 4.78 is 34.9. The summed E-state index contributed by atoms with van der Waals surface area (Å²) in [5, 5.41) is 13.8. The van der Waals surface area contributed by atoms with Crippen LogP contribution in [0.3, 0.4) is 0 Å². The number of carbonyl (C=O) groups excluding carboxylic acids is 2. The minimum atomic E-state index is -1.33. The molecule has 1 aromatic rings. The SMILES string of the molecule is O=C(NCCNC(=O)C1CC=C(Cl)S1)c1ccc(O[C@H]2CC[C@H](C(=O)O)CC2)c(F)c1F. The van der Waals surface area contributed by atoms with Crippen LogP contribution in [0.15, 0.2) is 22.6 Å². The van der Waals surface area contributed by atoms with Crippen LogP contribution in [0.1, 0.15) is 42.5 Å². The smallest absolute Gasteiger partial charge is 0.306 e. The van der Waals surface area contributed by atoms with Crippen LogP contribution >= 0.6 is 23.4 Å². The van der Waals surface area contributed by atoms with E-state index in [1.165, 1.54) is 17.8 Å². The van der Waals surface area contributed by atoms with Gasteiger partial charge >= 0.3 is 5.97 Å². The third kappa shape index (κ3) is 6.13. The van der Waals surface area contributed by atoms with E-state index in [1.54, 1.807) is 6.08 Å². The lowest BCUT2D eigenvalue weighted by Gasteiger charge is -2.27. The van der Waals surface area contributed by atoms with E-state index in [1.807, 2.05) is 0 Å². The highest BCUT2D eigenvalue weighted by Gasteiger charge is 2.28. The summed E-state index contributed by atoms with van der Waals surface area (Å²) in [5.41, 5.74) is -0.474. The average molecular weight is 489 g/mol. The number of hydrogen-bond acceptors (Lipinski definition) is 5. The number of ether oxygens (including phenoxy) is 1. The first-order valence-corrected chi connectivity index (χ1v) is 11.5. The van der Waals surface area contributed by atoms with Crippen molar-refractivity contribution in [3.05, 3.63) is 39.8 Å². The maximum Gasteiger partial charge on any atom is 0.306 e. The molecule has 1 heterocycles. The van der Waals surface area contributed by atoms with Crippen molar-refractivity contribution in [2.75, 3.05) is 13.1 Å². The molecule has 1 fully saturated rings. The van der Waals surface area contributed by atoms with E-state index < -0.39 is 41.1 Å². The molecule has 3 rings (SSSR count). The Bertz CT molecular complexity index is 922. The Hall–Kier alpha value is -2.33. The molecular weight excluding hydrogens is 466 g/mol. The number of rotatable bonds is 8. The number of benzene rings is 1. The van der Waals surface area contributed by atoms with Gasteiger partial charge in [-0.1, -0.05) is 17.7 Å². The van der Waals surface area contributed by atoms with Crippen LogP contribution in [0.5, 0.6) is 5.75 Å². The lowest BCUT2D eigenvalue weighted by atomic mass is 9.87. The van der Waals surface area contributed by atoms with Crippen molar-refractivity contribution >= 4 is 41.1 Å². The van der Waals surface area contributed by atoms with E-state index in [9.17, 15) is 23.2 Å². The predicted molar refractivity (Wildman–Crippen MR) is 116 cm³/mol. The summed E-state index contributed by atoms with van der Waals surface area (Å²) in [5.74, 6) is -5.25. The number of allylic oxidation sites excluding steroid dienone is 1. The first-order valence-electron chi connectivity index (χ1n) is 10.2. The van der Waals surface area contributed by atoms with Crippen molar-refractivity contribution in [2.45, 2.75) is 43.5 Å². The molecular formula is C21H23ClF2N2O5S. The van der Waals surface area contributed by atoms with E-state index in [0.29, 0.717) is 36.5 Å². The zero-order valence-electron chi connectivity index (χ0n) is 17.0. The van der Waals surface area contributed by atoms with Gasteiger partial charge in [0.05, 0.1) is 27.2 Å². The van der Waals surface area contributed by atoms with Crippen molar-refractivity contribution in [1.82, 2.24) is 10.6 Å². The highest BCUT2D eigenvalue weighted by molar-refractivity contribution is 8.06. The van der Waals surface area contributed by atoms with Gasteiger partial charge in [0.2, 0.25) is 11.7 Å². The second-order valence-corrected chi connectivity index (χ2v) is 9.44. The second-order valence-electron chi connectivity index (χ2n) is 7.57. The molecule has 2 amide bonds. The number of carboxylic acids is 1. The highest BCUT2D eigenvalue weighted by Crippen LogP contribution is 2.34. The zero-order valence-corrected chi connectivity index (χ0v) is 18.6. The minimum Gasteiger partial charge on any atom is -0.487 e. The normalized spacial score (nSPS) is 22.7. The molecule has 32 heavy (non-hydrogen) atoms. The van der Waals surface area contributed by atoms with Gasteiger partial charge < -0.3 is 20.5 Å². The van der Waals surface area contributed by atoms with Crippen molar-refractivity contribution in [2.24, 2.45) is 5.92 Å². The number of carbonyl (C=O) groups is 3. The molecule has 11 heteroatoms. The molecule has 1 unspecified atom stereocenters. The lowest BCUT2D eigenvalue weighted by Crippen LogP contribution is -2.38. The van der Waals surface area contributed by atoms with Crippen molar-refractivity contribution in [1.29, 1.82) is 0 Å². The topological polar surface area (TPSA) is 105 Å². The van der Waals surface area contributed by atoms with Crippen LogP contribution in [0.2, 0.25) is 0 Å².